The molecule has 6 N–H and O–H groups in total. The van der Waals surface area contributed by atoms with Gasteiger partial charge in [-0.05, 0) is 30.8 Å². The number of carbonyl (C=O) groups is 4. The highest BCUT2D eigenvalue weighted by atomic mass is 32.2. The fraction of sp³-hybridized carbons (Fsp3) is 0.733. The Labute approximate surface area is 151 Å². The molecule has 0 aromatic heterocycles. The standard InChI is InChI=1S/C15H27N3O6S/c1-8(2)12(18-11(19)5-4-9(16)14(21)22)13(20)17-10(15(23)24)6-7-25-3/h8-10,12H,4-7,16H2,1-3H3,(H,17,20)(H,18,19)(H,21,22)(H,23,24)/t9-,10-,12-/m0/s1. The first-order chi connectivity index (χ1) is 11.6. The van der Waals surface area contributed by atoms with Gasteiger partial charge < -0.3 is 26.6 Å². The summed E-state index contributed by atoms with van der Waals surface area (Å²) in [5.41, 5.74) is 5.33. The molecule has 0 aliphatic rings. The van der Waals surface area contributed by atoms with Gasteiger partial charge in [0.1, 0.15) is 18.1 Å². The molecule has 0 bridgehead atoms. The number of nitrogens with one attached hydrogen (secondary N) is 2. The molecule has 0 saturated carbocycles. The van der Waals surface area contributed by atoms with E-state index < -0.39 is 41.9 Å². The van der Waals surface area contributed by atoms with Gasteiger partial charge in [-0.3, -0.25) is 14.4 Å². The zero-order valence-electron chi connectivity index (χ0n) is 14.7. The van der Waals surface area contributed by atoms with Crippen LogP contribution in [0.2, 0.25) is 0 Å². The molecule has 0 saturated heterocycles. The van der Waals surface area contributed by atoms with E-state index in [4.69, 9.17) is 15.9 Å². The maximum absolute atomic E-state index is 12.3. The minimum Gasteiger partial charge on any atom is -0.480 e. The predicted octanol–water partition coefficient (Wildman–Crippen LogP) is -0.358. The van der Waals surface area contributed by atoms with Gasteiger partial charge in [0.25, 0.3) is 0 Å². The summed E-state index contributed by atoms with van der Waals surface area (Å²) in [6.07, 6.45) is 1.91. The molecule has 144 valence electrons. The van der Waals surface area contributed by atoms with Crippen LogP contribution < -0.4 is 16.4 Å². The predicted molar refractivity (Wildman–Crippen MR) is 94.2 cm³/mol. The second-order valence-electron chi connectivity index (χ2n) is 5.95. The lowest BCUT2D eigenvalue weighted by molar-refractivity contribution is -0.142. The molecule has 0 aromatic rings. The molecule has 0 spiro atoms. The lowest BCUT2D eigenvalue weighted by Gasteiger charge is -2.24. The molecule has 0 aliphatic carbocycles. The van der Waals surface area contributed by atoms with E-state index in [-0.39, 0.29) is 25.2 Å². The second kappa shape index (κ2) is 11.7. The quantitative estimate of drug-likeness (QED) is 0.308. The third-order valence-electron chi connectivity index (χ3n) is 3.49. The first-order valence-corrected chi connectivity index (χ1v) is 9.29. The van der Waals surface area contributed by atoms with Gasteiger partial charge in [0.15, 0.2) is 0 Å². The van der Waals surface area contributed by atoms with Crippen LogP contribution in [0.5, 0.6) is 0 Å². The highest BCUT2D eigenvalue weighted by Gasteiger charge is 2.28. The zero-order chi connectivity index (χ0) is 19.6. The highest BCUT2D eigenvalue weighted by molar-refractivity contribution is 7.98. The molecule has 0 aromatic carbocycles. The average Bonchev–Trinajstić information content (AvgIpc) is 2.53. The molecule has 3 atom stereocenters. The first kappa shape index (κ1) is 23.2. The summed E-state index contributed by atoms with van der Waals surface area (Å²) in [7, 11) is 0. The van der Waals surface area contributed by atoms with Gasteiger partial charge in [-0.1, -0.05) is 13.8 Å². The van der Waals surface area contributed by atoms with Crippen molar-refractivity contribution in [1.82, 2.24) is 10.6 Å². The van der Waals surface area contributed by atoms with Crippen molar-refractivity contribution in [1.29, 1.82) is 0 Å². The van der Waals surface area contributed by atoms with Gasteiger partial charge >= 0.3 is 11.9 Å². The smallest absolute Gasteiger partial charge is 0.326 e. The Bertz CT molecular complexity index is 486. The molecule has 25 heavy (non-hydrogen) atoms. The molecule has 0 rings (SSSR count). The Morgan fingerprint density at radius 2 is 1.64 bits per heavy atom. The van der Waals surface area contributed by atoms with E-state index in [1.54, 1.807) is 13.8 Å². The number of carboxylic acid groups (broad SMARTS) is 2. The lowest BCUT2D eigenvalue weighted by Crippen LogP contribution is -2.53. The molecule has 0 heterocycles. The van der Waals surface area contributed by atoms with Gasteiger partial charge in [-0.2, -0.15) is 11.8 Å². The van der Waals surface area contributed by atoms with E-state index in [0.717, 1.165) is 0 Å². The molecular formula is C15H27N3O6S. The van der Waals surface area contributed by atoms with Crippen molar-refractivity contribution < 1.29 is 29.4 Å². The first-order valence-electron chi connectivity index (χ1n) is 7.90. The van der Waals surface area contributed by atoms with Crippen LogP contribution in [0.1, 0.15) is 33.1 Å². The van der Waals surface area contributed by atoms with Crippen molar-refractivity contribution in [2.45, 2.75) is 51.2 Å². The van der Waals surface area contributed by atoms with E-state index in [1.165, 1.54) is 11.8 Å². The van der Waals surface area contributed by atoms with Gasteiger partial charge in [0.05, 0.1) is 0 Å². The normalized spacial score (nSPS) is 14.4. The number of nitrogens with two attached hydrogens (primary N) is 1. The summed E-state index contributed by atoms with van der Waals surface area (Å²) >= 11 is 1.47. The van der Waals surface area contributed by atoms with E-state index in [9.17, 15) is 19.2 Å². The monoisotopic (exact) mass is 377 g/mol. The van der Waals surface area contributed by atoms with Crippen LogP contribution in [0.3, 0.4) is 0 Å². The summed E-state index contributed by atoms with van der Waals surface area (Å²) in [5, 5.41) is 22.8. The molecule has 0 unspecified atom stereocenters. The van der Waals surface area contributed by atoms with Crippen molar-refractivity contribution >= 4 is 35.5 Å². The van der Waals surface area contributed by atoms with E-state index in [2.05, 4.69) is 10.6 Å². The number of carboxylic acids is 2. The van der Waals surface area contributed by atoms with Gasteiger partial charge in [-0.15, -0.1) is 0 Å². The van der Waals surface area contributed by atoms with Crippen LogP contribution in [0.25, 0.3) is 0 Å². The molecule has 0 radical (unpaired) electrons. The van der Waals surface area contributed by atoms with E-state index in [1.807, 2.05) is 6.26 Å². The zero-order valence-corrected chi connectivity index (χ0v) is 15.5. The number of hydrogen-bond acceptors (Lipinski definition) is 6. The van der Waals surface area contributed by atoms with Gasteiger partial charge in [0, 0.05) is 6.42 Å². The summed E-state index contributed by atoms with van der Waals surface area (Å²) in [5.74, 6) is -3.14. The molecule has 0 aliphatic heterocycles. The Kier molecular flexibility index (Phi) is 10.8. The van der Waals surface area contributed by atoms with Crippen LogP contribution in [0.15, 0.2) is 0 Å². The summed E-state index contributed by atoms with van der Waals surface area (Å²) < 4.78 is 0. The second-order valence-corrected chi connectivity index (χ2v) is 6.94. The van der Waals surface area contributed by atoms with Crippen LogP contribution in [-0.4, -0.2) is 64.1 Å². The SMILES string of the molecule is CSCC[C@H](NC(=O)[C@@H](NC(=O)CC[C@H](N)C(=O)O)C(C)C)C(=O)O. The van der Waals surface area contributed by atoms with Gasteiger partial charge in [0.2, 0.25) is 11.8 Å². The van der Waals surface area contributed by atoms with E-state index in [0.29, 0.717) is 5.75 Å². The summed E-state index contributed by atoms with van der Waals surface area (Å²) in [6, 6.07) is -3.09. The third-order valence-corrected chi connectivity index (χ3v) is 4.13. The Morgan fingerprint density at radius 1 is 1.04 bits per heavy atom. The van der Waals surface area contributed by atoms with Gasteiger partial charge in [-0.25, -0.2) is 4.79 Å². The highest BCUT2D eigenvalue weighted by Crippen LogP contribution is 2.07. The van der Waals surface area contributed by atoms with Crippen molar-refractivity contribution in [2.24, 2.45) is 11.7 Å². The number of amides is 2. The third kappa shape index (κ3) is 9.30. The molecule has 2 amide bonds. The molecule has 10 heteroatoms. The van der Waals surface area contributed by atoms with E-state index >= 15 is 0 Å². The van der Waals surface area contributed by atoms with Crippen LogP contribution in [0, 0.1) is 5.92 Å². The van der Waals surface area contributed by atoms with Crippen LogP contribution in [0.4, 0.5) is 0 Å². The minimum atomic E-state index is -1.20. The summed E-state index contributed by atoms with van der Waals surface area (Å²) in [4.78, 5) is 46.1. The molecule has 9 nitrogen and oxygen atoms in total. The number of aliphatic carboxylic acids is 2. The fourth-order valence-electron chi connectivity index (χ4n) is 1.95. The largest absolute Gasteiger partial charge is 0.480 e. The Morgan fingerprint density at radius 3 is 2.08 bits per heavy atom. The van der Waals surface area contributed by atoms with Crippen LogP contribution in [-0.2, 0) is 19.2 Å². The van der Waals surface area contributed by atoms with Crippen molar-refractivity contribution in [3.8, 4) is 0 Å². The van der Waals surface area contributed by atoms with Crippen molar-refractivity contribution in [3.63, 3.8) is 0 Å². The number of thioether (sulfide) groups is 1. The Hall–Kier alpha value is -1.81. The fourth-order valence-corrected chi connectivity index (χ4v) is 2.42. The number of hydrogen-bond donors (Lipinski definition) is 5. The number of rotatable bonds is 12. The lowest BCUT2D eigenvalue weighted by atomic mass is 10.0. The molecule has 0 fully saturated rings. The summed E-state index contributed by atoms with van der Waals surface area (Å²) in [6.45, 7) is 3.43. The molecular weight excluding hydrogens is 350 g/mol. The Balaban J connectivity index is 4.75. The maximum atomic E-state index is 12.3. The van der Waals surface area contributed by atoms with Crippen molar-refractivity contribution in [3.05, 3.63) is 0 Å². The maximum Gasteiger partial charge on any atom is 0.326 e. The topological polar surface area (TPSA) is 159 Å². The number of carbonyl (C=O) groups excluding carboxylic acids is 2. The average molecular weight is 377 g/mol. The van der Waals surface area contributed by atoms with Crippen LogP contribution >= 0.6 is 11.8 Å². The van der Waals surface area contributed by atoms with Crippen molar-refractivity contribution in [2.75, 3.05) is 12.0 Å². The minimum absolute atomic E-state index is 0.0565.